The van der Waals surface area contributed by atoms with Crippen LogP contribution in [0.3, 0.4) is 0 Å². The second-order valence-corrected chi connectivity index (χ2v) is 2.43. The zero-order chi connectivity index (χ0) is 8.27. The minimum absolute atomic E-state index is 0.183. The molecule has 1 saturated heterocycles. The lowest BCUT2D eigenvalue weighted by atomic mass is 10.2. The molecule has 1 aliphatic heterocycles. The van der Waals surface area contributed by atoms with Gasteiger partial charge in [-0.3, -0.25) is 9.59 Å². The molecule has 1 atom stereocenters. The molecule has 0 bridgehead atoms. The minimum Gasteiger partial charge on any atom is -0.469 e. The summed E-state index contributed by atoms with van der Waals surface area (Å²) in [6.45, 7) is 0. The van der Waals surface area contributed by atoms with Crippen LogP contribution in [0.25, 0.3) is 0 Å². The maximum Gasteiger partial charge on any atom is 0.309 e. The Morgan fingerprint density at radius 2 is 2.55 bits per heavy atom. The zero-order valence-electron chi connectivity index (χ0n) is 6.33. The number of hydrogen-bond acceptors (Lipinski definition) is 4. The highest BCUT2D eigenvalue weighted by atomic mass is 16.6. The van der Waals surface area contributed by atoms with Gasteiger partial charge in [-0.25, -0.2) is 0 Å². The molecular formula is C7H10O4. The van der Waals surface area contributed by atoms with Gasteiger partial charge in [-0.15, -0.1) is 0 Å². The van der Waals surface area contributed by atoms with E-state index >= 15 is 0 Å². The van der Waals surface area contributed by atoms with E-state index in [4.69, 9.17) is 4.74 Å². The Labute approximate surface area is 64.5 Å². The van der Waals surface area contributed by atoms with Crippen LogP contribution in [0.1, 0.15) is 19.3 Å². The quantitative estimate of drug-likeness (QED) is 0.541. The van der Waals surface area contributed by atoms with Crippen LogP contribution in [0, 0.1) is 0 Å². The average Bonchev–Trinajstić information content (AvgIpc) is 2.35. The van der Waals surface area contributed by atoms with Crippen molar-refractivity contribution in [2.75, 3.05) is 7.11 Å². The van der Waals surface area contributed by atoms with E-state index < -0.39 is 0 Å². The van der Waals surface area contributed by atoms with Crippen molar-refractivity contribution in [2.24, 2.45) is 0 Å². The van der Waals surface area contributed by atoms with E-state index in [1.165, 1.54) is 7.11 Å². The van der Waals surface area contributed by atoms with Crippen molar-refractivity contribution in [2.45, 2.75) is 25.4 Å². The molecule has 11 heavy (non-hydrogen) atoms. The fourth-order valence-corrected chi connectivity index (χ4v) is 0.996. The highest BCUT2D eigenvalue weighted by Gasteiger charge is 2.25. The lowest BCUT2D eigenvalue weighted by Gasteiger charge is -2.05. The highest BCUT2D eigenvalue weighted by Crippen LogP contribution is 2.16. The summed E-state index contributed by atoms with van der Waals surface area (Å²) >= 11 is 0. The van der Waals surface area contributed by atoms with Crippen molar-refractivity contribution in [3.05, 3.63) is 0 Å². The first-order valence-electron chi connectivity index (χ1n) is 3.48. The van der Waals surface area contributed by atoms with Gasteiger partial charge in [0.25, 0.3) is 0 Å². The normalized spacial score (nSPS) is 23.0. The molecule has 1 fully saturated rings. The average molecular weight is 158 g/mol. The van der Waals surface area contributed by atoms with Gasteiger partial charge in [0.05, 0.1) is 13.5 Å². The van der Waals surface area contributed by atoms with Crippen LogP contribution in [-0.4, -0.2) is 25.2 Å². The molecule has 0 N–H and O–H groups in total. The number of esters is 2. The monoisotopic (exact) mass is 158 g/mol. The predicted octanol–water partition coefficient (Wildman–Crippen LogP) is 0.255. The van der Waals surface area contributed by atoms with Gasteiger partial charge in [0.1, 0.15) is 6.10 Å². The van der Waals surface area contributed by atoms with Crippen molar-refractivity contribution >= 4 is 11.9 Å². The summed E-state index contributed by atoms with van der Waals surface area (Å²) in [6, 6.07) is 0. The van der Waals surface area contributed by atoms with Crippen LogP contribution in [0.15, 0.2) is 0 Å². The maximum absolute atomic E-state index is 10.7. The standard InChI is InChI=1S/C7H10O4/c1-10-7(9)4-5-2-3-6(8)11-5/h5H,2-4H2,1H3/t5-/m1/s1. The summed E-state index contributed by atoms with van der Waals surface area (Å²) in [5.74, 6) is -0.552. The van der Waals surface area contributed by atoms with Gasteiger partial charge in [0.15, 0.2) is 0 Å². The first kappa shape index (κ1) is 8.04. The number of hydrogen-bond donors (Lipinski definition) is 0. The Morgan fingerprint density at radius 1 is 1.82 bits per heavy atom. The number of carbonyl (C=O) groups is 2. The van der Waals surface area contributed by atoms with Crippen LogP contribution in [-0.2, 0) is 19.1 Å². The van der Waals surface area contributed by atoms with Gasteiger partial charge in [0.2, 0.25) is 0 Å². The number of ether oxygens (including phenoxy) is 2. The molecule has 0 amide bonds. The first-order valence-corrected chi connectivity index (χ1v) is 3.48. The van der Waals surface area contributed by atoms with Crippen molar-refractivity contribution < 1.29 is 19.1 Å². The predicted molar refractivity (Wildman–Crippen MR) is 35.7 cm³/mol. The Kier molecular flexibility index (Phi) is 2.46. The Bertz CT molecular complexity index is 175. The number of cyclic esters (lactones) is 1. The van der Waals surface area contributed by atoms with Crippen molar-refractivity contribution in [1.29, 1.82) is 0 Å². The molecule has 0 radical (unpaired) electrons. The Balaban J connectivity index is 2.28. The molecular weight excluding hydrogens is 148 g/mol. The summed E-state index contributed by atoms with van der Waals surface area (Å²) in [6.07, 6.45) is 0.979. The first-order chi connectivity index (χ1) is 5.22. The van der Waals surface area contributed by atoms with Gasteiger partial charge < -0.3 is 9.47 Å². The third-order valence-corrected chi connectivity index (χ3v) is 1.59. The summed E-state index contributed by atoms with van der Waals surface area (Å²) in [4.78, 5) is 21.2. The van der Waals surface area contributed by atoms with Gasteiger partial charge in [0, 0.05) is 6.42 Å². The second kappa shape index (κ2) is 3.37. The molecule has 0 unspecified atom stereocenters. The molecule has 0 spiro atoms. The summed E-state index contributed by atoms with van der Waals surface area (Å²) < 4.78 is 9.21. The Morgan fingerprint density at radius 3 is 3.00 bits per heavy atom. The van der Waals surface area contributed by atoms with Crippen molar-refractivity contribution in [3.8, 4) is 0 Å². The van der Waals surface area contributed by atoms with E-state index in [1.807, 2.05) is 0 Å². The van der Waals surface area contributed by atoms with Crippen molar-refractivity contribution in [1.82, 2.24) is 0 Å². The molecule has 0 aliphatic carbocycles. The van der Waals surface area contributed by atoms with E-state index in [-0.39, 0.29) is 24.5 Å². The van der Waals surface area contributed by atoms with E-state index in [0.29, 0.717) is 12.8 Å². The number of methoxy groups -OCH3 is 1. The molecule has 1 aliphatic rings. The molecule has 4 nitrogen and oxygen atoms in total. The zero-order valence-corrected chi connectivity index (χ0v) is 6.33. The fourth-order valence-electron chi connectivity index (χ4n) is 0.996. The van der Waals surface area contributed by atoms with Crippen LogP contribution in [0.4, 0.5) is 0 Å². The third kappa shape index (κ3) is 2.22. The van der Waals surface area contributed by atoms with Crippen LogP contribution < -0.4 is 0 Å². The number of carbonyl (C=O) groups excluding carboxylic acids is 2. The summed E-state index contributed by atoms with van der Waals surface area (Å²) in [7, 11) is 1.32. The molecule has 0 saturated carbocycles. The SMILES string of the molecule is COC(=O)C[C@H]1CCC(=O)O1. The van der Waals surface area contributed by atoms with E-state index in [2.05, 4.69) is 4.74 Å². The minimum atomic E-state index is -0.329. The van der Waals surface area contributed by atoms with Gasteiger partial charge in [-0.2, -0.15) is 0 Å². The van der Waals surface area contributed by atoms with Crippen LogP contribution in [0.5, 0.6) is 0 Å². The fraction of sp³-hybridized carbons (Fsp3) is 0.714. The van der Waals surface area contributed by atoms with Gasteiger partial charge in [-0.05, 0) is 6.42 Å². The molecule has 0 aromatic carbocycles. The van der Waals surface area contributed by atoms with E-state index in [1.54, 1.807) is 0 Å². The summed E-state index contributed by atoms with van der Waals surface area (Å²) in [5, 5.41) is 0. The molecule has 62 valence electrons. The van der Waals surface area contributed by atoms with Gasteiger partial charge >= 0.3 is 11.9 Å². The lowest BCUT2D eigenvalue weighted by molar-refractivity contribution is -0.147. The Hall–Kier alpha value is -1.06. The van der Waals surface area contributed by atoms with E-state index in [9.17, 15) is 9.59 Å². The molecule has 0 aromatic rings. The summed E-state index contributed by atoms with van der Waals surface area (Å²) in [5.41, 5.74) is 0. The smallest absolute Gasteiger partial charge is 0.309 e. The maximum atomic E-state index is 10.7. The van der Waals surface area contributed by atoms with Crippen molar-refractivity contribution in [3.63, 3.8) is 0 Å². The molecule has 1 rings (SSSR count). The van der Waals surface area contributed by atoms with Crippen LogP contribution in [0.2, 0.25) is 0 Å². The second-order valence-electron chi connectivity index (χ2n) is 2.43. The number of rotatable bonds is 2. The van der Waals surface area contributed by atoms with E-state index in [0.717, 1.165) is 0 Å². The van der Waals surface area contributed by atoms with Crippen LogP contribution >= 0.6 is 0 Å². The topological polar surface area (TPSA) is 52.6 Å². The lowest BCUT2D eigenvalue weighted by Crippen LogP contribution is -2.14. The largest absolute Gasteiger partial charge is 0.469 e. The molecule has 0 aromatic heterocycles. The molecule has 4 heteroatoms. The van der Waals surface area contributed by atoms with Gasteiger partial charge in [-0.1, -0.05) is 0 Å². The third-order valence-electron chi connectivity index (χ3n) is 1.59. The highest BCUT2D eigenvalue weighted by molar-refractivity contribution is 5.74. The molecule has 1 heterocycles.